The van der Waals surface area contributed by atoms with E-state index in [4.69, 9.17) is 5.73 Å². The number of amides is 3. The first-order chi connectivity index (χ1) is 17.6. The highest BCUT2D eigenvalue weighted by Crippen LogP contribution is 2.35. The van der Waals surface area contributed by atoms with Crippen LogP contribution in [0.1, 0.15) is 36.8 Å². The molecule has 194 valence electrons. The van der Waals surface area contributed by atoms with Gasteiger partial charge in [-0.3, -0.25) is 28.9 Å². The zero-order valence-corrected chi connectivity index (χ0v) is 20.8. The number of hydrogen-bond donors (Lipinski definition) is 1. The standard InChI is InChI=1S/C26H28F2N6O3/c1-4-16(18-14-17(27)5-6-20(18)28)13-23(35)34-24(26(37)32(2)22-8-10-31-33(22)3)19(25(34)36)11-15-7-9-30-21(29)12-15/h5-10,12,14,16,19,24H,4,11,13H2,1-3H3,(H2,29,30)/t16-,19+,24-/m0/s1. The molecule has 0 spiro atoms. The summed E-state index contributed by atoms with van der Waals surface area (Å²) in [5, 5.41) is 4.08. The Balaban J connectivity index is 1.62. The maximum absolute atomic E-state index is 14.4. The number of β-lactam (4-membered cyclic amide) rings is 1. The van der Waals surface area contributed by atoms with Crippen LogP contribution in [0, 0.1) is 17.6 Å². The van der Waals surface area contributed by atoms with Crippen molar-refractivity contribution >= 4 is 29.4 Å². The summed E-state index contributed by atoms with van der Waals surface area (Å²) in [4.78, 5) is 46.5. The van der Waals surface area contributed by atoms with Gasteiger partial charge in [-0.05, 0) is 60.2 Å². The van der Waals surface area contributed by atoms with E-state index >= 15 is 0 Å². The average Bonchev–Trinajstić information content (AvgIpc) is 3.30. The molecule has 2 aromatic heterocycles. The fraction of sp³-hybridized carbons (Fsp3) is 0.346. The summed E-state index contributed by atoms with van der Waals surface area (Å²) in [6.45, 7) is 1.75. The van der Waals surface area contributed by atoms with Crippen molar-refractivity contribution in [2.24, 2.45) is 13.0 Å². The molecular weight excluding hydrogens is 482 g/mol. The molecule has 2 N–H and O–H groups in total. The molecule has 3 atom stereocenters. The molecule has 0 unspecified atom stereocenters. The number of likely N-dealkylation sites (N-methyl/N-ethyl adjacent to an activating group) is 1. The van der Waals surface area contributed by atoms with Gasteiger partial charge in [0.15, 0.2) is 0 Å². The number of pyridine rings is 1. The molecule has 0 aliphatic carbocycles. The van der Waals surface area contributed by atoms with E-state index in [1.165, 1.54) is 22.0 Å². The van der Waals surface area contributed by atoms with Gasteiger partial charge >= 0.3 is 0 Å². The summed E-state index contributed by atoms with van der Waals surface area (Å²) in [6.07, 6.45) is 3.30. The Kier molecular flexibility index (Phi) is 7.33. The van der Waals surface area contributed by atoms with Crippen molar-refractivity contribution in [2.45, 2.75) is 38.1 Å². The largest absolute Gasteiger partial charge is 0.384 e. The number of carbonyl (C=O) groups is 3. The number of nitrogens with zero attached hydrogens (tertiary/aromatic N) is 5. The lowest BCUT2D eigenvalue weighted by Crippen LogP contribution is -2.69. The third-order valence-electron chi connectivity index (χ3n) is 6.82. The summed E-state index contributed by atoms with van der Waals surface area (Å²) in [5.41, 5.74) is 6.53. The van der Waals surface area contributed by atoms with Crippen molar-refractivity contribution in [3.8, 4) is 0 Å². The summed E-state index contributed by atoms with van der Waals surface area (Å²) >= 11 is 0. The van der Waals surface area contributed by atoms with E-state index in [0.717, 1.165) is 23.1 Å². The number of aromatic nitrogens is 3. The highest BCUT2D eigenvalue weighted by molar-refractivity contribution is 6.12. The quantitative estimate of drug-likeness (QED) is 0.466. The number of rotatable bonds is 8. The average molecular weight is 511 g/mol. The number of carbonyl (C=O) groups excluding carboxylic acids is 3. The van der Waals surface area contributed by atoms with Crippen LogP contribution in [0.3, 0.4) is 0 Å². The van der Waals surface area contributed by atoms with Gasteiger partial charge in [-0.1, -0.05) is 6.92 Å². The first-order valence-corrected chi connectivity index (χ1v) is 11.9. The van der Waals surface area contributed by atoms with E-state index in [1.54, 1.807) is 39.2 Å². The summed E-state index contributed by atoms with van der Waals surface area (Å²) in [5.74, 6) is -3.56. The SMILES string of the molecule is CC[C@@H](CC(=O)N1C(=O)[C@H](Cc2ccnc(N)c2)[C@H]1C(=O)N(C)c1ccnn1C)c1cc(F)ccc1F. The van der Waals surface area contributed by atoms with E-state index in [-0.39, 0.29) is 24.2 Å². The molecule has 0 bridgehead atoms. The Morgan fingerprint density at radius 1 is 1.16 bits per heavy atom. The maximum Gasteiger partial charge on any atom is 0.252 e. The molecule has 1 fully saturated rings. The number of likely N-dealkylation sites (tertiary alicyclic amines) is 1. The maximum atomic E-state index is 14.4. The van der Waals surface area contributed by atoms with Gasteiger partial charge in [0.2, 0.25) is 11.8 Å². The lowest BCUT2D eigenvalue weighted by atomic mass is 9.80. The van der Waals surface area contributed by atoms with Crippen LogP contribution in [0.25, 0.3) is 0 Å². The van der Waals surface area contributed by atoms with E-state index in [1.807, 2.05) is 0 Å². The molecule has 3 amide bonds. The minimum absolute atomic E-state index is 0.0579. The molecule has 3 heterocycles. The number of anilines is 2. The van der Waals surface area contributed by atoms with Crippen LogP contribution in [-0.4, -0.2) is 50.5 Å². The number of imide groups is 1. The van der Waals surface area contributed by atoms with Crippen LogP contribution >= 0.6 is 0 Å². The van der Waals surface area contributed by atoms with Crippen molar-refractivity contribution in [3.05, 3.63) is 71.6 Å². The second-order valence-electron chi connectivity index (χ2n) is 9.13. The van der Waals surface area contributed by atoms with Gasteiger partial charge in [-0.2, -0.15) is 5.10 Å². The fourth-order valence-electron chi connectivity index (χ4n) is 4.80. The highest BCUT2D eigenvalue weighted by Gasteiger charge is 2.55. The molecule has 0 saturated carbocycles. The van der Waals surface area contributed by atoms with E-state index in [0.29, 0.717) is 17.8 Å². The smallest absolute Gasteiger partial charge is 0.252 e. The summed E-state index contributed by atoms with van der Waals surface area (Å²) in [6, 6.07) is 6.95. The molecule has 1 aliphatic rings. The second-order valence-corrected chi connectivity index (χ2v) is 9.13. The minimum atomic E-state index is -1.08. The van der Waals surface area contributed by atoms with Gasteiger partial charge < -0.3 is 5.73 Å². The molecule has 3 aromatic rings. The zero-order chi connectivity index (χ0) is 26.9. The normalized spacial score (nSPS) is 17.9. The number of hydrogen-bond acceptors (Lipinski definition) is 6. The van der Waals surface area contributed by atoms with Gasteiger partial charge in [-0.15, -0.1) is 0 Å². The molecule has 1 aliphatic heterocycles. The van der Waals surface area contributed by atoms with Gasteiger partial charge in [0, 0.05) is 32.8 Å². The Bertz CT molecular complexity index is 1340. The van der Waals surface area contributed by atoms with Crippen LogP contribution < -0.4 is 10.6 Å². The molecular formula is C26H28F2N6O3. The van der Waals surface area contributed by atoms with Crippen LogP contribution in [0.4, 0.5) is 20.4 Å². The van der Waals surface area contributed by atoms with Crippen molar-refractivity contribution in [1.82, 2.24) is 19.7 Å². The second kappa shape index (κ2) is 10.5. The molecule has 4 rings (SSSR count). The molecule has 1 aromatic carbocycles. The van der Waals surface area contributed by atoms with Crippen LogP contribution in [0.5, 0.6) is 0 Å². The number of benzene rings is 1. The number of aryl methyl sites for hydroxylation is 1. The Morgan fingerprint density at radius 2 is 1.92 bits per heavy atom. The number of nitrogens with two attached hydrogens (primary N) is 1. The predicted octanol–water partition coefficient (Wildman–Crippen LogP) is 2.82. The highest BCUT2D eigenvalue weighted by atomic mass is 19.1. The molecule has 1 saturated heterocycles. The molecule has 9 nitrogen and oxygen atoms in total. The number of halogens is 2. The fourth-order valence-corrected chi connectivity index (χ4v) is 4.80. The van der Waals surface area contributed by atoms with E-state index in [2.05, 4.69) is 10.1 Å². The van der Waals surface area contributed by atoms with Gasteiger partial charge in [-0.25, -0.2) is 13.8 Å². The topological polar surface area (TPSA) is 114 Å². The zero-order valence-electron chi connectivity index (χ0n) is 20.8. The Morgan fingerprint density at radius 3 is 2.57 bits per heavy atom. The predicted molar refractivity (Wildman–Crippen MR) is 132 cm³/mol. The van der Waals surface area contributed by atoms with Gasteiger partial charge in [0.1, 0.15) is 29.3 Å². The Labute approximate surface area is 212 Å². The minimum Gasteiger partial charge on any atom is -0.384 e. The van der Waals surface area contributed by atoms with E-state index in [9.17, 15) is 23.2 Å². The molecule has 11 heteroatoms. The van der Waals surface area contributed by atoms with Gasteiger partial charge in [0.25, 0.3) is 5.91 Å². The molecule has 0 radical (unpaired) electrons. The van der Waals surface area contributed by atoms with E-state index < -0.39 is 47.2 Å². The van der Waals surface area contributed by atoms with Crippen LogP contribution in [-0.2, 0) is 27.9 Å². The lowest BCUT2D eigenvalue weighted by Gasteiger charge is -2.46. The lowest BCUT2D eigenvalue weighted by molar-refractivity contribution is -0.170. The van der Waals surface area contributed by atoms with Crippen molar-refractivity contribution in [2.75, 3.05) is 17.7 Å². The summed E-state index contributed by atoms with van der Waals surface area (Å²) in [7, 11) is 3.22. The first-order valence-electron chi connectivity index (χ1n) is 11.9. The Hall–Kier alpha value is -4.15. The molecule has 37 heavy (non-hydrogen) atoms. The van der Waals surface area contributed by atoms with Crippen molar-refractivity contribution in [3.63, 3.8) is 0 Å². The first kappa shape index (κ1) is 25.9. The number of nitrogen functional groups attached to an aromatic ring is 1. The monoisotopic (exact) mass is 510 g/mol. The third-order valence-corrected chi connectivity index (χ3v) is 6.82. The third kappa shape index (κ3) is 5.07. The summed E-state index contributed by atoms with van der Waals surface area (Å²) < 4.78 is 29.7. The van der Waals surface area contributed by atoms with Crippen LogP contribution in [0.2, 0.25) is 0 Å². The van der Waals surface area contributed by atoms with Gasteiger partial charge in [0.05, 0.1) is 12.1 Å². The van der Waals surface area contributed by atoms with Crippen molar-refractivity contribution < 1.29 is 23.2 Å². The van der Waals surface area contributed by atoms with Crippen LogP contribution in [0.15, 0.2) is 48.8 Å². The van der Waals surface area contributed by atoms with Crippen molar-refractivity contribution in [1.29, 1.82) is 0 Å².